The Morgan fingerprint density at radius 3 is 2.81 bits per heavy atom. The fourth-order valence-electron chi connectivity index (χ4n) is 3.79. The highest BCUT2D eigenvalue weighted by Gasteiger charge is 2.37. The van der Waals surface area contributed by atoms with Crippen molar-refractivity contribution >= 4 is 23.3 Å². The Kier molecular flexibility index (Phi) is 10.9. The summed E-state index contributed by atoms with van der Waals surface area (Å²) in [6.07, 6.45) is 10.2. The first-order valence-electron chi connectivity index (χ1n) is 11.7. The maximum atomic E-state index is 12.5. The van der Waals surface area contributed by atoms with Gasteiger partial charge in [-0.2, -0.15) is 4.37 Å². The molecule has 9 heteroatoms. The molecule has 1 aliphatic heterocycles. The van der Waals surface area contributed by atoms with Crippen LogP contribution in [0.1, 0.15) is 70.9 Å². The summed E-state index contributed by atoms with van der Waals surface area (Å²) >= 11 is 1.19. The van der Waals surface area contributed by atoms with Gasteiger partial charge in [0.05, 0.1) is 38.5 Å². The minimum Gasteiger partial charge on any atom is -0.475 e. The average Bonchev–Trinajstić information content (AvgIpc) is 3.22. The monoisotopic (exact) mass is 456 g/mol. The molecule has 0 aliphatic carbocycles. The number of nitrogens with zero attached hydrogens (tertiary/aromatic N) is 3. The maximum absolute atomic E-state index is 12.5. The summed E-state index contributed by atoms with van der Waals surface area (Å²) in [4.78, 5) is 12.5. The number of esters is 1. The smallest absolute Gasteiger partial charge is 0.369 e. The molecule has 1 aromatic rings. The minimum atomic E-state index is -0.323. The zero-order chi connectivity index (χ0) is 22.7. The van der Waals surface area contributed by atoms with Crippen LogP contribution in [0.15, 0.2) is 6.08 Å². The largest absolute Gasteiger partial charge is 0.475 e. The molecule has 31 heavy (non-hydrogen) atoms. The minimum absolute atomic E-state index is 0.210. The summed E-state index contributed by atoms with van der Waals surface area (Å²) in [6.45, 7) is 7.38. The Balaban J connectivity index is 1.94. The Bertz CT molecular complexity index is 711. The molecular weight excluding hydrogens is 414 g/mol. The zero-order valence-corrected chi connectivity index (χ0v) is 20.4. The first-order chi connectivity index (χ1) is 14.9. The topological polar surface area (TPSA) is 117 Å². The van der Waals surface area contributed by atoms with Crippen molar-refractivity contribution in [2.75, 3.05) is 33.3 Å². The van der Waals surface area contributed by atoms with Gasteiger partial charge in [0.25, 0.3) is 5.88 Å². The first kappa shape index (κ1) is 25.7. The van der Waals surface area contributed by atoms with Crippen LogP contribution in [-0.2, 0) is 9.53 Å². The molecule has 1 aliphatic rings. The second-order valence-electron chi connectivity index (χ2n) is 8.79. The molecule has 0 saturated carbocycles. The number of unbranched alkanes of at least 4 members (excludes halogenated alkanes) is 4. The third-order valence-corrected chi connectivity index (χ3v) is 6.62. The van der Waals surface area contributed by atoms with Gasteiger partial charge in [0.1, 0.15) is 12.2 Å². The van der Waals surface area contributed by atoms with Crippen LogP contribution in [0.25, 0.3) is 5.57 Å². The highest BCUT2D eigenvalue weighted by atomic mass is 32.1. The van der Waals surface area contributed by atoms with Gasteiger partial charge in [-0.05, 0) is 19.3 Å². The van der Waals surface area contributed by atoms with Crippen molar-refractivity contribution in [3.05, 3.63) is 11.8 Å². The molecule has 6 N–H and O–H groups in total. The number of hydrogen-bond acceptors (Lipinski definition) is 6. The average molecular weight is 457 g/mol. The van der Waals surface area contributed by atoms with E-state index in [2.05, 4.69) is 40.3 Å². The van der Waals surface area contributed by atoms with E-state index in [1.165, 1.54) is 31.0 Å². The molecule has 176 valence electrons. The summed E-state index contributed by atoms with van der Waals surface area (Å²) < 4.78 is 21.3. The van der Waals surface area contributed by atoms with Crippen LogP contribution in [0.4, 0.5) is 0 Å². The number of aromatic nitrogens is 2. The van der Waals surface area contributed by atoms with Crippen molar-refractivity contribution in [1.82, 2.24) is 8.75 Å². The van der Waals surface area contributed by atoms with Crippen LogP contribution < -0.4 is 16.2 Å². The Hall–Kier alpha value is -1.55. The van der Waals surface area contributed by atoms with Crippen LogP contribution >= 0.6 is 11.7 Å². The molecule has 1 aromatic heterocycles. The van der Waals surface area contributed by atoms with E-state index in [4.69, 9.17) is 9.47 Å². The number of hydrogen-bond donors (Lipinski definition) is 2. The van der Waals surface area contributed by atoms with Gasteiger partial charge in [0, 0.05) is 25.3 Å². The molecule has 0 fully saturated rings. The van der Waals surface area contributed by atoms with Gasteiger partial charge >= 0.3 is 5.97 Å². The van der Waals surface area contributed by atoms with Gasteiger partial charge < -0.3 is 20.9 Å². The molecule has 2 rings (SSSR count). The number of rotatable bonds is 14. The molecule has 0 amide bonds. The van der Waals surface area contributed by atoms with Crippen molar-refractivity contribution in [2.24, 2.45) is 0 Å². The molecule has 0 radical (unpaired) electrons. The molecule has 0 aromatic carbocycles. The van der Waals surface area contributed by atoms with E-state index in [1.54, 1.807) is 0 Å². The lowest BCUT2D eigenvalue weighted by Crippen LogP contribution is -2.66. The predicted octanol–water partition coefficient (Wildman–Crippen LogP) is 1.64. The van der Waals surface area contributed by atoms with Crippen molar-refractivity contribution in [3.8, 4) is 5.88 Å². The predicted molar refractivity (Wildman–Crippen MR) is 122 cm³/mol. The van der Waals surface area contributed by atoms with Gasteiger partial charge in [-0.3, -0.25) is 4.48 Å². The fraction of sp³-hybridized carbons (Fsp3) is 0.773. The van der Waals surface area contributed by atoms with E-state index < -0.39 is 0 Å². The van der Waals surface area contributed by atoms with Gasteiger partial charge in [0.2, 0.25) is 6.23 Å². The van der Waals surface area contributed by atoms with Crippen LogP contribution in [0, 0.1) is 0 Å². The normalized spacial score (nSPS) is 20.7. The summed E-state index contributed by atoms with van der Waals surface area (Å²) in [5.74, 6) is 0.424. The van der Waals surface area contributed by atoms with Gasteiger partial charge in [-0.15, -0.1) is 4.37 Å². The van der Waals surface area contributed by atoms with Gasteiger partial charge in [-0.25, -0.2) is 4.79 Å². The lowest BCUT2D eigenvalue weighted by Gasteiger charge is -2.41. The SMILES string of the molecule is CCCCCCOc1nsnc1C1=CCC[N+](C)([C@@H](C)OC(=O)[C@@H]([NH3+])CCCC[NH3+])C1. The second-order valence-corrected chi connectivity index (χ2v) is 9.32. The molecule has 1 unspecified atom stereocenters. The van der Waals surface area contributed by atoms with E-state index in [9.17, 15) is 4.79 Å². The summed E-state index contributed by atoms with van der Waals surface area (Å²) in [5, 5.41) is 0. The quantitative estimate of drug-likeness (QED) is 0.251. The van der Waals surface area contributed by atoms with E-state index in [1.807, 2.05) is 6.92 Å². The third kappa shape index (κ3) is 7.82. The van der Waals surface area contributed by atoms with Crippen LogP contribution in [-0.4, -0.2) is 64.8 Å². The van der Waals surface area contributed by atoms with Gasteiger partial charge in [-0.1, -0.05) is 32.3 Å². The van der Waals surface area contributed by atoms with Crippen molar-refractivity contribution in [2.45, 2.75) is 77.5 Å². The van der Waals surface area contributed by atoms with E-state index in [0.29, 0.717) is 17.0 Å². The lowest BCUT2D eigenvalue weighted by atomic mass is 10.0. The number of carbonyl (C=O) groups excluding carboxylic acids is 1. The Morgan fingerprint density at radius 1 is 1.26 bits per heavy atom. The third-order valence-electron chi connectivity index (χ3n) is 6.11. The van der Waals surface area contributed by atoms with Crippen molar-refractivity contribution in [3.63, 3.8) is 0 Å². The van der Waals surface area contributed by atoms with Crippen LogP contribution in [0.2, 0.25) is 0 Å². The van der Waals surface area contributed by atoms with Crippen molar-refractivity contribution < 1.29 is 30.2 Å². The summed E-state index contributed by atoms with van der Waals surface area (Å²) in [6, 6.07) is -0.323. The highest BCUT2D eigenvalue weighted by Crippen LogP contribution is 2.31. The molecule has 0 bridgehead atoms. The van der Waals surface area contributed by atoms with Crippen molar-refractivity contribution in [1.29, 1.82) is 0 Å². The zero-order valence-electron chi connectivity index (χ0n) is 19.6. The number of quaternary nitrogens is 3. The molecule has 2 heterocycles. The number of carbonyl (C=O) groups is 1. The van der Waals surface area contributed by atoms with Gasteiger partial charge in [0.15, 0.2) is 6.04 Å². The molecule has 0 saturated heterocycles. The molecule has 3 atom stereocenters. The first-order valence-corrected chi connectivity index (χ1v) is 12.5. The maximum Gasteiger partial charge on any atom is 0.369 e. The lowest BCUT2D eigenvalue weighted by molar-refractivity contribution is -0.944. The van der Waals surface area contributed by atoms with Crippen LogP contribution in [0.3, 0.4) is 0 Å². The standard InChI is InChI=1S/C22H40N5O3S/c1-4-5-6-9-15-29-21-20(25-31-26-21)18-11-10-14-27(3,16-18)17(2)30-22(28)19(24)12-7-8-13-23/h11,17,19H,4-10,12-16,23-24H2,1-3H3/q+1/p+2/t17-,19+,27?/m1/s1. The summed E-state index contributed by atoms with van der Waals surface area (Å²) in [5.41, 5.74) is 9.80. The highest BCUT2D eigenvalue weighted by molar-refractivity contribution is 6.99. The Morgan fingerprint density at radius 2 is 2.06 bits per heavy atom. The Labute approximate surface area is 190 Å². The molecule has 0 spiro atoms. The fourth-order valence-corrected chi connectivity index (χ4v) is 4.33. The van der Waals surface area contributed by atoms with E-state index in [-0.39, 0.29) is 18.2 Å². The number of likely N-dealkylation sites (N-methyl/N-ethyl adjacent to an activating group) is 1. The van der Waals surface area contributed by atoms with Crippen LogP contribution in [0.5, 0.6) is 5.88 Å². The van der Waals surface area contributed by atoms with E-state index >= 15 is 0 Å². The molecular formula is C22H42N5O3S+3. The second kappa shape index (κ2) is 13.1. The molecule has 8 nitrogen and oxygen atoms in total. The van der Waals surface area contributed by atoms with E-state index in [0.717, 1.165) is 63.0 Å². The number of ether oxygens (including phenoxy) is 2. The summed E-state index contributed by atoms with van der Waals surface area (Å²) in [7, 11) is 2.14.